The highest BCUT2D eigenvalue weighted by Crippen LogP contribution is 2.25. The third kappa shape index (κ3) is 2.85. The Morgan fingerprint density at radius 2 is 1.92 bits per heavy atom. The summed E-state index contributed by atoms with van der Waals surface area (Å²) in [6, 6.07) is 6.34. The van der Waals surface area contributed by atoms with Crippen LogP contribution in [0.15, 0.2) is 36.8 Å². The van der Waals surface area contributed by atoms with E-state index in [0.29, 0.717) is 6.04 Å². The number of pyridine rings is 1. The monoisotopic (exact) mass is 323 g/mol. The molecule has 0 spiro atoms. The topological polar surface area (TPSA) is 75.3 Å². The lowest BCUT2D eigenvalue weighted by atomic mass is 9.93. The van der Waals surface area contributed by atoms with Gasteiger partial charge in [-0.25, -0.2) is 9.50 Å². The van der Waals surface area contributed by atoms with Crippen molar-refractivity contribution in [1.29, 1.82) is 0 Å². The van der Waals surface area contributed by atoms with Gasteiger partial charge in [0.2, 0.25) is 0 Å². The van der Waals surface area contributed by atoms with Gasteiger partial charge in [-0.2, -0.15) is 0 Å². The van der Waals surface area contributed by atoms with E-state index in [0.717, 1.165) is 54.0 Å². The highest BCUT2D eigenvalue weighted by atomic mass is 16.3. The van der Waals surface area contributed by atoms with Gasteiger partial charge in [0.05, 0.1) is 18.0 Å². The zero-order valence-electron chi connectivity index (χ0n) is 13.7. The quantitative estimate of drug-likeness (QED) is 0.775. The van der Waals surface area contributed by atoms with E-state index in [1.165, 1.54) is 0 Å². The number of aromatic nitrogens is 4. The predicted molar refractivity (Wildman–Crippen MR) is 92.8 cm³/mol. The number of hydrogen-bond acceptors (Lipinski definition) is 5. The van der Waals surface area contributed by atoms with E-state index in [1.807, 2.05) is 29.8 Å². The first-order valence-corrected chi connectivity index (χ1v) is 8.41. The summed E-state index contributed by atoms with van der Waals surface area (Å²) in [4.78, 5) is 8.54. The number of imidazole rings is 1. The minimum absolute atomic E-state index is 0.147. The summed E-state index contributed by atoms with van der Waals surface area (Å²) >= 11 is 0. The first-order valence-electron chi connectivity index (χ1n) is 8.41. The van der Waals surface area contributed by atoms with E-state index < -0.39 is 0 Å². The predicted octanol–water partition coefficient (Wildman–Crippen LogP) is 2.82. The molecule has 0 amide bonds. The highest BCUT2D eigenvalue weighted by Gasteiger charge is 2.20. The Bertz CT molecular complexity index is 837. The first kappa shape index (κ1) is 15.1. The van der Waals surface area contributed by atoms with Gasteiger partial charge in [-0.05, 0) is 56.4 Å². The third-order valence-electron chi connectivity index (χ3n) is 4.70. The molecule has 6 heteroatoms. The van der Waals surface area contributed by atoms with Crippen molar-refractivity contribution in [3.63, 3.8) is 0 Å². The molecule has 0 aliphatic heterocycles. The molecule has 0 aromatic carbocycles. The lowest BCUT2D eigenvalue weighted by molar-refractivity contribution is 0.126. The van der Waals surface area contributed by atoms with Crippen molar-refractivity contribution in [2.45, 2.75) is 44.8 Å². The van der Waals surface area contributed by atoms with Gasteiger partial charge < -0.3 is 10.4 Å². The number of nitrogens with one attached hydrogen (secondary N) is 1. The smallest absolute Gasteiger partial charge is 0.154 e. The third-order valence-corrected chi connectivity index (χ3v) is 4.70. The second kappa shape index (κ2) is 6.20. The van der Waals surface area contributed by atoms with Gasteiger partial charge in [-0.3, -0.25) is 4.98 Å². The Morgan fingerprint density at radius 1 is 1.17 bits per heavy atom. The number of aliphatic hydroxyl groups excluding tert-OH is 1. The number of nitrogens with zero attached hydrogens (tertiary/aromatic N) is 4. The van der Waals surface area contributed by atoms with Crippen LogP contribution >= 0.6 is 0 Å². The Hall–Kier alpha value is -2.47. The Balaban J connectivity index is 1.67. The summed E-state index contributed by atoms with van der Waals surface area (Å²) in [5.74, 6) is 0.886. The van der Waals surface area contributed by atoms with Gasteiger partial charge in [0.25, 0.3) is 0 Å². The van der Waals surface area contributed by atoms with Gasteiger partial charge in [0.1, 0.15) is 5.82 Å². The van der Waals surface area contributed by atoms with E-state index in [4.69, 9.17) is 5.10 Å². The van der Waals surface area contributed by atoms with Crippen LogP contribution in [-0.4, -0.2) is 36.8 Å². The minimum atomic E-state index is -0.147. The van der Waals surface area contributed by atoms with Crippen molar-refractivity contribution in [3.8, 4) is 11.3 Å². The number of anilines is 1. The molecule has 6 nitrogen and oxygen atoms in total. The van der Waals surface area contributed by atoms with Crippen molar-refractivity contribution >= 4 is 11.5 Å². The lowest BCUT2D eigenvalue weighted by Crippen LogP contribution is -2.29. The average molecular weight is 323 g/mol. The van der Waals surface area contributed by atoms with Crippen LogP contribution in [0.2, 0.25) is 0 Å². The molecule has 3 heterocycles. The van der Waals surface area contributed by atoms with Crippen molar-refractivity contribution in [2.75, 3.05) is 5.32 Å². The van der Waals surface area contributed by atoms with Crippen molar-refractivity contribution in [3.05, 3.63) is 42.4 Å². The normalized spacial score (nSPS) is 21.1. The standard InChI is InChI=1S/C18H21N5O/c1-12-10-17-20-11-16(13-6-8-19-9-7-13)23(17)22-18(12)21-14-2-4-15(24)5-3-14/h6-11,14-15,24H,2-5H2,1H3,(H,21,22)/t14-,15-. The molecule has 1 saturated carbocycles. The Kier molecular flexibility index (Phi) is 3.90. The molecule has 24 heavy (non-hydrogen) atoms. The van der Waals surface area contributed by atoms with Crippen LogP contribution in [0.4, 0.5) is 5.82 Å². The summed E-state index contributed by atoms with van der Waals surface area (Å²) in [6.07, 6.45) is 8.90. The van der Waals surface area contributed by atoms with E-state index in [-0.39, 0.29) is 6.10 Å². The summed E-state index contributed by atoms with van der Waals surface area (Å²) in [7, 11) is 0. The summed E-state index contributed by atoms with van der Waals surface area (Å²) in [5, 5.41) is 18.0. The van der Waals surface area contributed by atoms with Crippen molar-refractivity contribution in [2.24, 2.45) is 0 Å². The molecule has 3 aromatic heterocycles. The zero-order valence-corrected chi connectivity index (χ0v) is 13.7. The molecule has 1 aliphatic carbocycles. The van der Waals surface area contributed by atoms with Crippen LogP contribution in [0.1, 0.15) is 31.2 Å². The fourth-order valence-corrected chi connectivity index (χ4v) is 3.28. The summed E-state index contributed by atoms with van der Waals surface area (Å²) in [6.45, 7) is 2.05. The molecule has 0 radical (unpaired) electrons. The second-order valence-electron chi connectivity index (χ2n) is 6.48. The van der Waals surface area contributed by atoms with Crippen LogP contribution in [0.3, 0.4) is 0 Å². The maximum Gasteiger partial charge on any atom is 0.154 e. The van der Waals surface area contributed by atoms with Gasteiger partial charge in [-0.1, -0.05) is 0 Å². The molecule has 2 N–H and O–H groups in total. The fourth-order valence-electron chi connectivity index (χ4n) is 3.28. The number of fused-ring (bicyclic) bond motifs is 1. The molecule has 1 fully saturated rings. The van der Waals surface area contributed by atoms with E-state index in [9.17, 15) is 5.11 Å². The molecule has 4 rings (SSSR count). The second-order valence-corrected chi connectivity index (χ2v) is 6.48. The summed E-state index contributed by atoms with van der Waals surface area (Å²) in [5.41, 5.74) is 3.92. The molecule has 1 aliphatic rings. The van der Waals surface area contributed by atoms with Gasteiger partial charge >= 0.3 is 0 Å². The number of aryl methyl sites for hydroxylation is 1. The molecule has 0 unspecified atom stereocenters. The molecule has 124 valence electrons. The SMILES string of the molecule is Cc1cc2ncc(-c3ccncc3)n2nc1N[C@H]1CC[C@H](O)CC1. The summed E-state index contributed by atoms with van der Waals surface area (Å²) < 4.78 is 1.88. The molecule has 0 atom stereocenters. The first-order chi connectivity index (χ1) is 11.7. The van der Waals surface area contributed by atoms with E-state index in [2.05, 4.69) is 21.4 Å². The molecule has 3 aromatic rings. The van der Waals surface area contributed by atoms with Crippen LogP contribution in [-0.2, 0) is 0 Å². The van der Waals surface area contributed by atoms with Crippen LogP contribution < -0.4 is 5.32 Å². The molecule has 0 saturated heterocycles. The van der Waals surface area contributed by atoms with Crippen LogP contribution in [0.5, 0.6) is 0 Å². The van der Waals surface area contributed by atoms with Crippen LogP contribution in [0.25, 0.3) is 16.9 Å². The number of hydrogen-bond donors (Lipinski definition) is 2. The molecular formula is C18H21N5O. The van der Waals surface area contributed by atoms with Crippen molar-refractivity contribution in [1.82, 2.24) is 19.6 Å². The van der Waals surface area contributed by atoms with Gasteiger partial charge in [0, 0.05) is 24.0 Å². The largest absolute Gasteiger partial charge is 0.393 e. The fraction of sp³-hybridized carbons (Fsp3) is 0.389. The van der Waals surface area contributed by atoms with E-state index in [1.54, 1.807) is 12.4 Å². The average Bonchev–Trinajstić information content (AvgIpc) is 3.00. The number of rotatable bonds is 3. The Labute approximate surface area is 140 Å². The van der Waals surface area contributed by atoms with Gasteiger partial charge in [-0.15, -0.1) is 5.10 Å². The number of aliphatic hydroxyl groups is 1. The highest BCUT2D eigenvalue weighted by molar-refractivity contribution is 5.64. The maximum absolute atomic E-state index is 9.66. The minimum Gasteiger partial charge on any atom is -0.393 e. The van der Waals surface area contributed by atoms with Crippen LogP contribution in [0, 0.1) is 6.92 Å². The van der Waals surface area contributed by atoms with Gasteiger partial charge in [0.15, 0.2) is 5.65 Å². The molecule has 0 bridgehead atoms. The zero-order chi connectivity index (χ0) is 16.5. The maximum atomic E-state index is 9.66. The molecular weight excluding hydrogens is 302 g/mol. The Morgan fingerprint density at radius 3 is 2.67 bits per heavy atom. The van der Waals surface area contributed by atoms with E-state index >= 15 is 0 Å². The van der Waals surface area contributed by atoms with Crippen molar-refractivity contribution < 1.29 is 5.11 Å². The lowest BCUT2D eigenvalue weighted by Gasteiger charge is -2.27.